The van der Waals surface area contributed by atoms with Crippen LogP contribution in [-0.4, -0.2) is 56.7 Å². The fraction of sp³-hybridized carbons (Fsp3) is 0.688. The first-order valence-electron chi connectivity index (χ1n) is 8.39. The Labute approximate surface area is 148 Å². The van der Waals surface area contributed by atoms with Gasteiger partial charge in [0.25, 0.3) is 5.91 Å². The number of amides is 1. The predicted octanol–water partition coefficient (Wildman–Crippen LogP) is 1.55. The standard InChI is InChI=1S/C16H29N5O2S/c1-4-5-10-23-11-6-7-19-16(17-3)20-9-8-18-15(22)14-13(2)21-12-24-14/h12H,4-11H2,1-3H3,(H,18,22)(H2,17,19,20). The van der Waals surface area contributed by atoms with Crippen molar-refractivity contribution in [1.82, 2.24) is 20.9 Å². The maximum Gasteiger partial charge on any atom is 0.263 e. The summed E-state index contributed by atoms with van der Waals surface area (Å²) >= 11 is 1.36. The number of nitrogens with zero attached hydrogens (tertiary/aromatic N) is 2. The van der Waals surface area contributed by atoms with E-state index in [1.165, 1.54) is 11.3 Å². The van der Waals surface area contributed by atoms with Crippen LogP contribution in [0.5, 0.6) is 0 Å². The summed E-state index contributed by atoms with van der Waals surface area (Å²) in [5, 5.41) is 9.26. The lowest BCUT2D eigenvalue weighted by molar-refractivity contribution is 0.0957. The van der Waals surface area contributed by atoms with Crippen molar-refractivity contribution in [3.63, 3.8) is 0 Å². The number of aryl methyl sites for hydroxylation is 1. The summed E-state index contributed by atoms with van der Waals surface area (Å²) in [5.74, 6) is 0.649. The van der Waals surface area contributed by atoms with Crippen LogP contribution in [0.2, 0.25) is 0 Å². The molecule has 8 heteroatoms. The number of aromatic nitrogens is 1. The number of guanidine groups is 1. The number of nitrogens with one attached hydrogen (secondary N) is 3. The van der Waals surface area contributed by atoms with E-state index in [-0.39, 0.29) is 5.91 Å². The second-order valence-electron chi connectivity index (χ2n) is 5.27. The van der Waals surface area contributed by atoms with Gasteiger partial charge in [-0.15, -0.1) is 11.3 Å². The SMILES string of the molecule is CCCCOCCCNC(=NC)NCCNC(=O)c1scnc1C. The van der Waals surface area contributed by atoms with Gasteiger partial charge in [-0.3, -0.25) is 9.79 Å². The number of unbranched alkanes of at least 4 members (excludes halogenated alkanes) is 1. The van der Waals surface area contributed by atoms with Crippen LogP contribution in [0.4, 0.5) is 0 Å². The van der Waals surface area contributed by atoms with Gasteiger partial charge in [0.1, 0.15) is 4.88 Å². The number of ether oxygens (including phenoxy) is 1. The number of hydrogen-bond acceptors (Lipinski definition) is 5. The molecule has 1 aromatic rings. The minimum Gasteiger partial charge on any atom is -0.381 e. The molecule has 136 valence electrons. The monoisotopic (exact) mass is 355 g/mol. The van der Waals surface area contributed by atoms with Crippen molar-refractivity contribution in [2.75, 3.05) is 39.9 Å². The summed E-state index contributed by atoms with van der Waals surface area (Å²) in [6.45, 7) is 7.52. The van der Waals surface area contributed by atoms with Gasteiger partial charge in [-0.25, -0.2) is 4.98 Å². The molecule has 0 aliphatic rings. The van der Waals surface area contributed by atoms with Crippen molar-refractivity contribution in [2.45, 2.75) is 33.1 Å². The van der Waals surface area contributed by atoms with E-state index in [0.29, 0.717) is 18.0 Å². The molecule has 0 fully saturated rings. The van der Waals surface area contributed by atoms with Crippen molar-refractivity contribution in [1.29, 1.82) is 0 Å². The fourth-order valence-corrected chi connectivity index (χ4v) is 2.63. The smallest absolute Gasteiger partial charge is 0.263 e. The molecule has 24 heavy (non-hydrogen) atoms. The lowest BCUT2D eigenvalue weighted by Gasteiger charge is -2.12. The molecule has 1 aromatic heterocycles. The molecule has 0 aliphatic carbocycles. The summed E-state index contributed by atoms with van der Waals surface area (Å²) in [6.07, 6.45) is 3.21. The molecule has 0 aromatic carbocycles. The molecular formula is C16H29N5O2S. The highest BCUT2D eigenvalue weighted by Gasteiger charge is 2.10. The van der Waals surface area contributed by atoms with E-state index in [1.54, 1.807) is 12.6 Å². The Bertz CT molecular complexity index is 504. The number of carbonyl (C=O) groups excluding carboxylic acids is 1. The molecule has 1 amide bonds. The number of rotatable bonds is 11. The lowest BCUT2D eigenvalue weighted by Crippen LogP contribution is -2.42. The Morgan fingerprint density at radius 2 is 1.92 bits per heavy atom. The zero-order chi connectivity index (χ0) is 17.6. The molecule has 0 spiro atoms. The van der Waals surface area contributed by atoms with E-state index in [4.69, 9.17) is 4.74 Å². The first-order valence-corrected chi connectivity index (χ1v) is 9.27. The van der Waals surface area contributed by atoms with Crippen LogP contribution < -0.4 is 16.0 Å². The molecule has 0 saturated heterocycles. The van der Waals surface area contributed by atoms with Crippen molar-refractivity contribution in [2.24, 2.45) is 4.99 Å². The zero-order valence-electron chi connectivity index (χ0n) is 14.9. The Kier molecular flexibility index (Phi) is 10.8. The lowest BCUT2D eigenvalue weighted by atomic mass is 10.3. The fourth-order valence-electron chi connectivity index (χ4n) is 1.91. The summed E-state index contributed by atoms with van der Waals surface area (Å²) in [4.78, 5) is 20.8. The minimum atomic E-state index is -0.0797. The van der Waals surface area contributed by atoms with Crippen molar-refractivity contribution in [3.05, 3.63) is 16.1 Å². The van der Waals surface area contributed by atoms with Crippen molar-refractivity contribution >= 4 is 23.2 Å². The predicted molar refractivity (Wildman–Crippen MR) is 98.9 cm³/mol. The third-order valence-electron chi connectivity index (χ3n) is 3.28. The van der Waals surface area contributed by atoms with E-state index in [1.807, 2.05) is 6.92 Å². The van der Waals surface area contributed by atoms with Gasteiger partial charge in [0, 0.05) is 39.9 Å². The third-order valence-corrected chi connectivity index (χ3v) is 4.21. The van der Waals surface area contributed by atoms with Gasteiger partial charge in [-0.2, -0.15) is 0 Å². The van der Waals surface area contributed by atoms with Gasteiger partial charge in [-0.1, -0.05) is 13.3 Å². The largest absolute Gasteiger partial charge is 0.381 e. The molecule has 0 bridgehead atoms. The second kappa shape index (κ2) is 12.7. The molecule has 7 nitrogen and oxygen atoms in total. The average Bonchev–Trinajstić information content (AvgIpc) is 3.01. The van der Waals surface area contributed by atoms with E-state index >= 15 is 0 Å². The third kappa shape index (κ3) is 8.26. The first-order chi connectivity index (χ1) is 11.7. The molecule has 1 heterocycles. The normalized spacial score (nSPS) is 11.4. The van der Waals surface area contributed by atoms with Crippen LogP contribution in [-0.2, 0) is 4.74 Å². The summed E-state index contributed by atoms with van der Waals surface area (Å²) in [7, 11) is 1.73. The first kappa shape index (κ1) is 20.4. The van der Waals surface area contributed by atoms with Gasteiger partial charge >= 0.3 is 0 Å². The minimum absolute atomic E-state index is 0.0797. The molecule has 0 atom stereocenters. The Hall–Kier alpha value is -1.67. The topological polar surface area (TPSA) is 87.6 Å². The summed E-state index contributed by atoms with van der Waals surface area (Å²) in [5.41, 5.74) is 2.45. The quantitative estimate of drug-likeness (QED) is 0.318. The maximum absolute atomic E-state index is 11.9. The summed E-state index contributed by atoms with van der Waals surface area (Å²) < 4.78 is 5.51. The highest BCUT2D eigenvalue weighted by molar-refractivity contribution is 7.11. The van der Waals surface area contributed by atoms with Crippen LogP contribution in [0.1, 0.15) is 41.6 Å². The van der Waals surface area contributed by atoms with Crippen LogP contribution in [0.3, 0.4) is 0 Å². The van der Waals surface area contributed by atoms with Gasteiger partial charge in [0.05, 0.1) is 11.2 Å². The van der Waals surface area contributed by atoms with Gasteiger partial charge < -0.3 is 20.7 Å². The van der Waals surface area contributed by atoms with Crippen LogP contribution in [0, 0.1) is 6.92 Å². The Morgan fingerprint density at radius 3 is 2.58 bits per heavy atom. The number of aliphatic imine (C=N–C) groups is 1. The van der Waals surface area contributed by atoms with Crippen LogP contribution in [0.25, 0.3) is 0 Å². The number of carbonyl (C=O) groups is 1. The van der Waals surface area contributed by atoms with E-state index in [2.05, 4.69) is 32.9 Å². The molecular weight excluding hydrogens is 326 g/mol. The van der Waals surface area contributed by atoms with Gasteiger partial charge in [0.15, 0.2) is 5.96 Å². The maximum atomic E-state index is 11.9. The van der Waals surface area contributed by atoms with Crippen LogP contribution >= 0.6 is 11.3 Å². The van der Waals surface area contributed by atoms with Gasteiger partial charge in [-0.05, 0) is 19.8 Å². The Balaban J connectivity index is 2.07. The number of thiazole rings is 1. The second-order valence-corrected chi connectivity index (χ2v) is 6.12. The van der Waals surface area contributed by atoms with Crippen molar-refractivity contribution in [3.8, 4) is 0 Å². The molecule has 0 aliphatic heterocycles. The molecule has 0 saturated carbocycles. The molecule has 0 radical (unpaired) electrons. The highest BCUT2D eigenvalue weighted by atomic mass is 32.1. The highest BCUT2D eigenvalue weighted by Crippen LogP contribution is 2.10. The zero-order valence-corrected chi connectivity index (χ0v) is 15.7. The van der Waals surface area contributed by atoms with E-state index in [0.717, 1.165) is 50.7 Å². The molecule has 1 rings (SSSR count). The molecule has 0 unspecified atom stereocenters. The number of hydrogen-bond donors (Lipinski definition) is 3. The Morgan fingerprint density at radius 1 is 1.21 bits per heavy atom. The van der Waals surface area contributed by atoms with E-state index in [9.17, 15) is 4.79 Å². The van der Waals surface area contributed by atoms with Crippen LogP contribution in [0.15, 0.2) is 10.5 Å². The molecule has 3 N–H and O–H groups in total. The summed E-state index contributed by atoms with van der Waals surface area (Å²) in [6, 6.07) is 0. The average molecular weight is 356 g/mol. The van der Waals surface area contributed by atoms with E-state index < -0.39 is 0 Å². The van der Waals surface area contributed by atoms with Gasteiger partial charge in [0.2, 0.25) is 0 Å². The van der Waals surface area contributed by atoms with Crippen molar-refractivity contribution < 1.29 is 9.53 Å².